The number of aryl methyl sites for hydroxylation is 2. The Hall–Kier alpha value is -1.35. The summed E-state index contributed by atoms with van der Waals surface area (Å²) in [6.45, 7) is 5.96. The predicted molar refractivity (Wildman–Crippen MR) is 87.4 cm³/mol. The van der Waals surface area contributed by atoms with Crippen LogP contribution in [0.1, 0.15) is 54.8 Å². The van der Waals surface area contributed by atoms with E-state index in [-0.39, 0.29) is 6.04 Å². The number of carbonyl (C=O) groups is 1. The zero-order valence-electron chi connectivity index (χ0n) is 13.6. The summed E-state index contributed by atoms with van der Waals surface area (Å²) in [4.78, 5) is 14.3. The SMILES string of the molecule is CNC(CN1CCCCCCC1=O)c1ccc(C)c(C)c1. The van der Waals surface area contributed by atoms with Crippen LogP contribution in [0.4, 0.5) is 0 Å². The minimum Gasteiger partial charge on any atom is -0.341 e. The van der Waals surface area contributed by atoms with Gasteiger partial charge in [0.05, 0.1) is 0 Å². The lowest BCUT2D eigenvalue weighted by Gasteiger charge is -2.29. The molecule has 21 heavy (non-hydrogen) atoms. The van der Waals surface area contributed by atoms with E-state index < -0.39 is 0 Å². The van der Waals surface area contributed by atoms with Crippen molar-refractivity contribution in [2.75, 3.05) is 20.1 Å². The summed E-state index contributed by atoms with van der Waals surface area (Å²) >= 11 is 0. The van der Waals surface area contributed by atoms with Crippen molar-refractivity contribution < 1.29 is 4.79 Å². The summed E-state index contributed by atoms with van der Waals surface area (Å²) in [5.41, 5.74) is 3.90. The van der Waals surface area contributed by atoms with Gasteiger partial charge in [-0.1, -0.05) is 31.0 Å². The summed E-state index contributed by atoms with van der Waals surface area (Å²) in [5, 5.41) is 3.38. The van der Waals surface area contributed by atoms with E-state index in [2.05, 4.69) is 42.3 Å². The monoisotopic (exact) mass is 288 g/mol. The van der Waals surface area contributed by atoms with Crippen LogP contribution in [0.2, 0.25) is 0 Å². The quantitative estimate of drug-likeness (QED) is 0.921. The van der Waals surface area contributed by atoms with Crippen molar-refractivity contribution in [2.45, 2.75) is 52.0 Å². The largest absolute Gasteiger partial charge is 0.341 e. The molecule has 1 heterocycles. The van der Waals surface area contributed by atoms with Crippen LogP contribution in [0.5, 0.6) is 0 Å². The fourth-order valence-electron chi connectivity index (χ4n) is 2.97. The summed E-state index contributed by atoms with van der Waals surface area (Å²) in [7, 11) is 1.98. The van der Waals surface area contributed by atoms with E-state index in [1.807, 2.05) is 7.05 Å². The summed E-state index contributed by atoms with van der Waals surface area (Å²) in [6.07, 6.45) is 5.34. The van der Waals surface area contributed by atoms with Crippen molar-refractivity contribution in [2.24, 2.45) is 0 Å². The smallest absolute Gasteiger partial charge is 0.222 e. The highest BCUT2D eigenvalue weighted by Crippen LogP contribution is 2.20. The van der Waals surface area contributed by atoms with E-state index in [4.69, 9.17) is 0 Å². The molecule has 1 aromatic carbocycles. The number of likely N-dealkylation sites (N-methyl/N-ethyl adjacent to an activating group) is 1. The summed E-state index contributed by atoms with van der Waals surface area (Å²) in [6, 6.07) is 6.81. The topological polar surface area (TPSA) is 32.3 Å². The van der Waals surface area contributed by atoms with E-state index in [1.54, 1.807) is 0 Å². The number of nitrogens with zero attached hydrogens (tertiary/aromatic N) is 1. The number of rotatable bonds is 4. The van der Waals surface area contributed by atoms with Gasteiger partial charge in [-0.25, -0.2) is 0 Å². The Kier molecular flexibility index (Phi) is 5.80. The second-order valence-electron chi connectivity index (χ2n) is 6.19. The van der Waals surface area contributed by atoms with Crippen molar-refractivity contribution in [1.82, 2.24) is 10.2 Å². The summed E-state index contributed by atoms with van der Waals surface area (Å²) < 4.78 is 0. The average Bonchev–Trinajstić information content (AvgIpc) is 2.46. The predicted octanol–water partition coefficient (Wildman–Crippen LogP) is 3.36. The molecule has 0 radical (unpaired) electrons. The molecule has 0 aliphatic carbocycles. The van der Waals surface area contributed by atoms with Gasteiger partial charge < -0.3 is 10.2 Å². The van der Waals surface area contributed by atoms with Crippen molar-refractivity contribution in [3.05, 3.63) is 34.9 Å². The van der Waals surface area contributed by atoms with Crippen LogP contribution < -0.4 is 5.32 Å². The fourth-order valence-corrected chi connectivity index (χ4v) is 2.97. The van der Waals surface area contributed by atoms with Gasteiger partial charge in [0, 0.05) is 25.6 Å². The van der Waals surface area contributed by atoms with Gasteiger partial charge in [0.1, 0.15) is 0 Å². The third-order valence-electron chi connectivity index (χ3n) is 4.61. The van der Waals surface area contributed by atoms with Crippen LogP contribution in [0.3, 0.4) is 0 Å². The van der Waals surface area contributed by atoms with E-state index in [0.29, 0.717) is 12.3 Å². The Bertz CT molecular complexity index is 484. The highest BCUT2D eigenvalue weighted by Gasteiger charge is 2.20. The molecule has 1 unspecified atom stereocenters. The number of hydrogen-bond donors (Lipinski definition) is 1. The highest BCUT2D eigenvalue weighted by molar-refractivity contribution is 5.76. The Morgan fingerprint density at radius 1 is 1.14 bits per heavy atom. The normalized spacial score (nSPS) is 18.2. The molecule has 116 valence electrons. The van der Waals surface area contributed by atoms with Gasteiger partial charge >= 0.3 is 0 Å². The van der Waals surface area contributed by atoms with E-state index >= 15 is 0 Å². The molecule has 3 nitrogen and oxygen atoms in total. The highest BCUT2D eigenvalue weighted by atomic mass is 16.2. The van der Waals surface area contributed by atoms with E-state index in [0.717, 1.165) is 25.9 Å². The molecule has 0 aromatic heterocycles. The molecule has 3 heteroatoms. The van der Waals surface area contributed by atoms with E-state index in [1.165, 1.54) is 29.5 Å². The molecule has 0 saturated carbocycles. The third-order valence-corrected chi connectivity index (χ3v) is 4.61. The maximum atomic E-state index is 12.3. The third kappa shape index (κ3) is 4.31. The molecule has 0 bridgehead atoms. The molecule has 2 rings (SSSR count). The molecule has 1 N–H and O–H groups in total. The molecular weight excluding hydrogens is 260 g/mol. The first-order valence-electron chi connectivity index (χ1n) is 8.14. The minimum atomic E-state index is 0.215. The second kappa shape index (κ2) is 7.60. The average molecular weight is 288 g/mol. The molecule has 1 atom stereocenters. The lowest BCUT2D eigenvalue weighted by Crippen LogP contribution is -2.39. The molecule has 1 aliphatic heterocycles. The number of nitrogens with one attached hydrogen (secondary N) is 1. The Labute approximate surface area is 128 Å². The first-order valence-corrected chi connectivity index (χ1v) is 8.14. The standard InChI is InChI=1S/C18H28N2O/c1-14-9-10-16(12-15(14)2)17(19-3)13-20-11-7-5-4-6-8-18(20)21/h9-10,12,17,19H,4-8,11,13H2,1-3H3. The van der Waals surface area contributed by atoms with Gasteiger partial charge in [-0.15, -0.1) is 0 Å². The van der Waals surface area contributed by atoms with Gasteiger partial charge in [0.15, 0.2) is 0 Å². The molecule has 1 amide bonds. The van der Waals surface area contributed by atoms with Crippen LogP contribution in [0.25, 0.3) is 0 Å². The van der Waals surface area contributed by atoms with Gasteiger partial charge in [-0.2, -0.15) is 0 Å². The van der Waals surface area contributed by atoms with Crippen molar-refractivity contribution in [1.29, 1.82) is 0 Å². The second-order valence-corrected chi connectivity index (χ2v) is 6.19. The molecule has 1 aliphatic rings. The number of amides is 1. The van der Waals surface area contributed by atoms with Crippen LogP contribution in [-0.4, -0.2) is 30.9 Å². The number of carbonyl (C=O) groups excluding carboxylic acids is 1. The van der Waals surface area contributed by atoms with E-state index in [9.17, 15) is 4.79 Å². The van der Waals surface area contributed by atoms with Crippen LogP contribution in [-0.2, 0) is 4.79 Å². The van der Waals surface area contributed by atoms with Gasteiger partial charge in [-0.05, 0) is 50.4 Å². The zero-order chi connectivity index (χ0) is 15.2. The van der Waals surface area contributed by atoms with Crippen molar-refractivity contribution in [3.8, 4) is 0 Å². The molecule has 0 spiro atoms. The number of hydrogen-bond acceptors (Lipinski definition) is 2. The first-order chi connectivity index (χ1) is 10.1. The lowest BCUT2D eigenvalue weighted by atomic mass is 10.00. The first kappa shape index (κ1) is 16.0. The Morgan fingerprint density at radius 3 is 2.62 bits per heavy atom. The zero-order valence-corrected chi connectivity index (χ0v) is 13.6. The van der Waals surface area contributed by atoms with Gasteiger partial charge in [0.2, 0.25) is 5.91 Å². The molecule has 1 fully saturated rings. The minimum absolute atomic E-state index is 0.215. The molecule has 1 aromatic rings. The van der Waals surface area contributed by atoms with Crippen molar-refractivity contribution in [3.63, 3.8) is 0 Å². The van der Waals surface area contributed by atoms with Crippen LogP contribution in [0.15, 0.2) is 18.2 Å². The van der Waals surface area contributed by atoms with Crippen LogP contribution in [0, 0.1) is 13.8 Å². The lowest BCUT2D eigenvalue weighted by molar-refractivity contribution is -0.132. The molecular formula is C18H28N2O. The fraction of sp³-hybridized carbons (Fsp3) is 0.611. The van der Waals surface area contributed by atoms with Gasteiger partial charge in [-0.3, -0.25) is 4.79 Å². The number of benzene rings is 1. The maximum Gasteiger partial charge on any atom is 0.222 e. The molecule has 1 saturated heterocycles. The van der Waals surface area contributed by atoms with Crippen LogP contribution >= 0.6 is 0 Å². The van der Waals surface area contributed by atoms with Crippen molar-refractivity contribution >= 4 is 5.91 Å². The summed E-state index contributed by atoms with van der Waals surface area (Å²) in [5.74, 6) is 0.318. The maximum absolute atomic E-state index is 12.3. The van der Waals surface area contributed by atoms with Gasteiger partial charge in [0.25, 0.3) is 0 Å². The number of likely N-dealkylation sites (tertiary alicyclic amines) is 1. The Balaban J connectivity index is 2.09. The Morgan fingerprint density at radius 2 is 1.90 bits per heavy atom.